The van der Waals surface area contributed by atoms with Crippen molar-refractivity contribution in [2.75, 3.05) is 0 Å². The lowest BCUT2D eigenvalue weighted by atomic mass is 10.2. The van der Waals surface area contributed by atoms with Crippen LogP contribution in [0.4, 0.5) is 0 Å². The number of rotatable bonds is 3. The van der Waals surface area contributed by atoms with Gasteiger partial charge in [-0.3, -0.25) is 0 Å². The molecule has 2 aromatic rings. The van der Waals surface area contributed by atoms with Gasteiger partial charge in [0.05, 0.1) is 0 Å². The average molecular weight is 523 g/mol. The average Bonchev–Trinajstić information content (AvgIpc) is 2.96. The lowest BCUT2D eigenvalue weighted by Gasteiger charge is -2.21. The van der Waals surface area contributed by atoms with Crippen molar-refractivity contribution in [2.24, 2.45) is 5.41 Å². The first-order valence-corrected chi connectivity index (χ1v) is 11.8. The third-order valence-electron chi connectivity index (χ3n) is 4.88. The monoisotopic (exact) mass is 520 g/mol. The van der Waals surface area contributed by atoms with Gasteiger partial charge in [-0.2, -0.15) is 0 Å². The molecule has 1 saturated carbocycles. The first-order chi connectivity index (χ1) is 11.5. The molecule has 0 aliphatic heterocycles. The van der Waals surface area contributed by atoms with Crippen molar-refractivity contribution >= 4 is 72.8 Å². The molecule has 0 saturated heterocycles. The van der Waals surface area contributed by atoms with Gasteiger partial charge in [-0.05, 0) is 66.3 Å². The minimum atomic E-state index is -3.01. The van der Waals surface area contributed by atoms with Crippen molar-refractivity contribution in [1.82, 2.24) is 0 Å². The van der Waals surface area contributed by atoms with Crippen molar-refractivity contribution in [3.05, 3.63) is 69.5 Å². The van der Waals surface area contributed by atoms with Crippen LogP contribution in [0.25, 0.3) is 0 Å². The van der Waals surface area contributed by atoms with E-state index in [0.717, 1.165) is 21.5 Å². The highest BCUT2D eigenvalue weighted by molar-refractivity contribution is 9.25. The predicted octanol–water partition coefficient (Wildman–Crippen LogP) is 7.11. The molecule has 1 aliphatic rings. The molecule has 0 atom stereocenters. The Kier molecular flexibility index (Phi) is 5.15. The SMILES string of the molecule is C/C(=C1\C(C)(C)C1(Br)Br)P(=O)(c1ccc(Cl)cc1)c1ccc(Cl)cc1. The van der Waals surface area contributed by atoms with Crippen molar-refractivity contribution in [1.29, 1.82) is 0 Å². The first-order valence-electron chi connectivity index (χ1n) is 7.75. The van der Waals surface area contributed by atoms with Crippen LogP contribution in [0.5, 0.6) is 0 Å². The third kappa shape index (κ3) is 3.11. The summed E-state index contributed by atoms with van der Waals surface area (Å²) in [7, 11) is -3.01. The number of halogens is 4. The summed E-state index contributed by atoms with van der Waals surface area (Å²) >= 11 is 19.5. The molecule has 0 heterocycles. The van der Waals surface area contributed by atoms with E-state index in [9.17, 15) is 4.57 Å². The minimum absolute atomic E-state index is 0.119. The van der Waals surface area contributed by atoms with Gasteiger partial charge in [0.15, 0.2) is 7.14 Å². The van der Waals surface area contributed by atoms with Gasteiger partial charge in [0.2, 0.25) is 0 Å². The van der Waals surface area contributed by atoms with Gasteiger partial charge in [-0.15, -0.1) is 0 Å². The zero-order valence-corrected chi connectivity index (χ0v) is 19.6. The van der Waals surface area contributed by atoms with Crippen LogP contribution in [0.3, 0.4) is 0 Å². The molecule has 132 valence electrons. The molecule has 0 N–H and O–H groups in total. The van der Waals surface area contributed by atoms with Crippen LogP contribution in [-0.4, -0.2) is 3.23 Å². The van der Waals surface area contributed by atoms with Crippen molar-refractivity contribution in [2.45, 2.75) is 24.0 Å². The summed E-state index contributed by atoms with van der Waals surface area (Å²) in [4.78, 5) is 0. The van der Waals surface area contributed by atoms with Crippen molar-refractivity contribution in [3.63, 3.8) is 0 Å². The van der Waals surface area contributed by atoms with Gasteiger partial charge in [-0.25, -0.2) is 0 Å². The van der Waals surface area contributed by atoms with E-state index in [2.05, 4.69) is 45.7 Å². The van der Waals surface area contributed by atoms with Crippen LogP contribution < -0.4 is 10.6 Å². The zero-order chi connectivity index (χ0) is 18.6. The summed E-state index contributed by atoms with van der Waals surface area (Å²) in [6.07, 6.45) is 0. The Morgan fingerprint density at radius 3 is 1.48 bits per heavy atom. The third-order valence-corrected chi connectivity index (χ3v) is 11.4. The van der Waals surface area contributed by atoms with Crippen LogP contribution in [-0.2, 0) is 4.57 Å². The lowest BCUT2D eigenvalue weighted by Crippen LogP contribution is -2.17. The second-order valence-electron chi connectivity index (χ2n) is 6.72. The van der Waals surface area contributed by atoms with Crippen LogP contribution in [0.2, 0.25) is 10.0 Å². The van der Waals surface area contributed by atoms with Crippen LogP contribution in [0, 0.1) is 5.41 Å². The molecule has 6 heteroatoms. The zero-order valence-electron chi connectivity index (χ0n) is 14.0. The number of hydrogen-bond donors (Lipinski definition) is 0. The second kappa shape index (κ2) is 6.53. The van der Waals surface area contributed by atoms with Crippen molar-refractivity contribution in [3.8, 4) is 0 Å². The van der Waals surface area contributed by atoms with Gasteiger partial charge >= 0.3 is 0 Å². The Morgan fingerprint density at radius 1 is 0.880 bits per heavy atom. The molecular weight excluding hydrogens is 506 g/mol. The smallest absolute Gasteiger partial charge is 0.166 e. The van der Waals surface area contributed by atoms with E-state index in [1.165, 1.54) is 0 Å². The van der Waals surface area contributed by atoms with Gasteiger partial charge in [0.25, 0.3) is 0 Å². The summed E-state index contributed by atoms with van der Waals surface area (Å²) in [5, 5.41) is 3.67. The molecule has 3 rings (SSSR count). The summed E-state index contributed by atoms with van der Waals surface area (Å²) in [6, 6.07) is 14.5. The fraction of sp³-hybridized carbons (Fsp3) is 0.263. The Bertz CT molecular complexity index is 835. The number of hydrogen-bond acceptors (Lipinski definition) is 1. The van der Waals surface area contributed by atoms with Crippen LogP contribution in [0.1, 0.15) is 20.8 Å². The van der Waals surface area contributed by atoms with Gasteiger partial charge in [-0.1, -0.05) is 68.9 Å². The standard InChI is InChI=1S/C19H17Br2Cl2OP/c1-12(17-18(2,3)19(17,20)21)25(24,15-8-4-13(22)5-9-15)16-10-6-14(23)7-11-16/h4-11H,1-3H3/b17-12-. The Balaban J connectivity index is 2.28. The maximum absolute atomic E-state index is 14.4. The normalized spacial score (nSPS) is 20.3. The second-order valence-corrected chi connectivity index (χ2v) is 14.0. The summed E-state index contributed by atoms with van der Waals surface area (Å²) in [5.74, 6) is 0. The molecule has 1 nitrogen and oxygen atoms in total. The Morgan fingerprint density at radius 2 is 1.20 bits per heavy atom. The molecule has 2 aromatic carbocycles. The van der Waals surface area contributed by atoms with E-state index in [-0.39, 0.29) is 8.65 Å². The topological polar surface area (TPSA) is 17.1 Å². The van der Waals surface area contributed by atoms with E-state index in [4.69, 9.17) is 23.2 Å². The highest BCUT2D eigenvalue weighted by Crippen LogP contribution is 2.75. The molecular formula is C19H17Br2Cl2OP. The Labute approximate surface area is 175 Å². The van der Waals surface area contributed by atoms with Crippen molar-refractivity contribution < 1.29 is 4.57 Å². The van der Waals surface area contributed by atoms with E-state index >= 15 is 0 Å². The molecule has 25 heavy (non-hydrogen) atoms. The summed E-state index contributed by atoms with van der Waals surface area (Å²) in [5.41, 5.74) is 0.999. The molecule has 1 aliphatic carbocycles. The molecule has 0 spiro atoms. The fourth-order valence-corrected chi connectivity index (χ4v) is 8.56. The van der Waals surface area contributed by atoms with E-state index in [1.54, 1.807) is 24.3 Å². The summed E-state index contributed by atoms with van der Waals surface area (Å²) in [6.45, 7) is 6.22. The van der Waals surface area contributed by atoms with Crippen LogP contribution in [0.15, 0.2) is 59.4 Å². The molecule has 0 aromatic heterocycles. The largest absolute Gasteiger partial charge is 0.309 e. The highest BCUT2D eigenvalue weighted by atomic mass is 79.9. The quantitative estimate of drug-likeness (QED) is 0.310. The van der Waals surface area contributed by atoms with E-state index < -0.39 is 7.14 Å². The van der Waals surface area contributed by atoms with Gasteiger partial charge in [0.1, 0.15) is 3.23 Å². The molecule has 0 amide bonds. The predicted molar refractivity (Wildman–Crippen MR) is 117 cm³/mol. The summed E-state index contributed by atoms with van der Waals surface area (Å²) < 4.78 is 14.1. The number of alkyl halides is 2. The molecule has 0 unspecified atom stereocenters. The maximum atomic E-state index is 14.4. The number of benzene rings is 2. The van der Waals surface area contributed by atoms with E-state index in [1.807, 2.05) is 31.2 Å². The van der Waals surface area contributed by atoms with E-state index in [0.29, 0.717) is 10.0 Å². The number of allylic oxidation sites excluding steroid dienone is 2. The minimum Gasteiger partial charge on any atom is -0.309 e. The van der Waals surface area contributed by atoms with Gasteiger partial charge < -0.3 is 4.57 Å². The molecule has 0 bridgehead atoms. The highest BCUT2D eigenvalue weighted by Gasteiger charge is 2.66. The van der Waals surface area contributed by atoms with Gasteiger partial charge in [0, 0.05) is 26.1 Å². The fourth-order valence-electron chi connectivity index (χ4n) is 3.24. The first kappa shape index (κ1) is 19.7. The maximum Gasteiger partial charge on any atom is 0.166 e. The molecule has 1 fully saturated rings. The Hall–Kier alpha value is -0.0500. The van der Waals surface area contributed by atoms with Crippen LogP contribution >= 0.6 is 62.2 Å². The lowest BCUT2D eigenvalue weighted by molar-refractivity contribution is 0.590. The molecule has 0 radical (unpaired) electrons.